The molecule has 0 radical (unpaired) electrons. The third-order valence-electron chi connectivity index (χ3n) is 3.21. The van der Waals surface area contributed by atoms with Gasteiger partial charge in [0.05, 0.1) is 17.3 Å². The van der Waals surface area contributed by atoms with Crippen molar-refractivity contribution < 1.29 is 9.53 Å². The number of carbonyl (C=O) groups is 1. The van der Waals surface area contributed by atoms with Crippen LogP contribution in [0.2, 0.25) is 0 Å². The van der Waals surface area contributed by atoms with E-state index < -0.39 is 5.60 Å². The van der Waals surface area contributed by atoms with E-state index in [0.29, 0.717) is 12.4 Å². The number of aliphatic imine (C=N–C) groups is 1. The first-order valence-corrected chi connectivity index (χ1v) is 7.86. The van der Waals surface area contributed by atoms with Crippen molar-refractivity contribution in [3.63, 3.8) is 0 Å². The maximum atomic E-state index is 12.3. The summed E-state index contributed by atoms with van der Waals surface area (Å²) in [5.41, 5.74) is 7.85. The molecule has 2 N–H and O–H groups in total. The van der Waals surface area contributed by atoms with Gasteiger partial charge in [-0.25, -0.2) is 9.79 Å². The second-order valence-corrected chi connectivity index (χ2v) is 6.55. The van der Waals surface area contributed by atoms with E-state index in [0.717, 1.165) is 29.8 Å². The highest BCUT2D eigenvalue weighted by atomic mass is 35.5. The van der Waals surface area contributed by atoms with Crippen LogP contribution in [-0.4, -0.2) is 30.0 Å². The predicted molar refractivity (Wildman–Crippen MR) is 90.3 cm³/mol. The Labute approximate surface area is 136 Å². The molecule has 120 valence electrons. The number of halogens is 1. The van der Waals surface area contributed by atoms with E-state index in [1.54, 1.807) is 4.90 Å². The summed E-state index contributed by atoms with van der Waals surface area (Å²) in [5, 5.41) is 0. The van der Waals surface area contributed by atoms with Gasteiger partial charge in [0.15, 0.2) is 0 Å². The quantitative estimate of drug-likeness (QED) is 0.513. The number of nitrogens with zero attached hydrogens (tertiary/aromatic N) is 2. The summed E-state index contributed by atoms with van der Waals surface area (Å²) in [6, 6.07) is 5.67. The predicted octanol–water partition coefficient (Wildman–Crippen LogP) is 3.60. The Morgan fingerprint density at radius 1 is 1.45 bits per heavy atom. The second kappa shape index (κ2) is 6.57. The number of anilines is 1. The van der Waals surface area contributed by atoms with Crippen molar-refractivity contribution in [1.82, 2.24) is 0 Å². The van der Waals surface area contributed by atoms with Gasteiger partial charge in [0.25, 0.3) is 0 Å². The van der Waals surface area contributed by atoms with Crippen LogP contribution in [0.4, 0.5) is 16.2 Å². The largest absolute Gasteiger partial charge is 0.443 e. The second-order valence-electron chi connectivity index (χ2n) is 6.29. The molecule has 5 nitrogen and oxygen atoms in total. The lowest BCUT2D eigenvalue weighted by Gasteiger charge is -2.31. The van der Waals surface area contributed by atoms with Gasteiger partial charge in [-0.15, -0.1) is 11.6 Å². The zero-order valence-corrected chi connectivity index (χ0v) is 14.0. The van der Waals surface area contributed by atoms with E-state index in [-0.39, 0.29) is 12.0 Å². The summed E-state index contributed by atoms with van der Waals surface area (Å²) >= 11 is 5.65. The zero-order chi connectivity index (χ0) is 16.3. The molecular weight excluding hydrogens is 302 g/mol. The Morgan fingerprint density at radius 2 is 2.18 bits per heavy atom. The molecule has 6 heteroatoms. The number of amidine groups is 1. The molecule has 0 unspecified atom stereocenters. The summed E-state index contributed by atoms with van der Waals surface area (Å²) < 4.78 is 5.47. The third-order valence-corrected chi connectivity index (χ3v) is 3.48. The molecule has 2 rings (SSSR count). The summed E-state index contributed by atoms with van der Waals surface area (Å²) in [4.78, 5) is 18.2. The van der Waals surface area contributed by atoms with Gasteiger partial charge < -0.3 is 10.5 Å². The molecule has 1 aliphatic heterocycles. The molecule has 1 aromatic carbocycles. The molecule has 22 heavy (non-hydrogen) atoms. The first-order valence-electron chi connectivity index (χ1n) is 7.32. The van der Waals surface area contributed by atoms with Crippen LogP contribution in [0, 0.1) is 0 Å². The van der Waals surface area contributed by atoms with Crippen molar-refractivity contribution in [2.75, 3.05) is 17.3 Å². The van der Waals surface area contributed by atoms with Gasteiger partial charge >= 0.3 is 6.09 Å². The Hall–Kier alpha value is -1.75. The molecule has 1 amide bonds. The van der Waals surface area contributed by atoms with Crippen molar-refractivity contribution in [1.29, 1.82) is 0 Å². The van der Waals surface area contributed by atoms with Crippen LogP contribution in [0.5, 0.6) is 0 Å². The molecule has 0 saturated carbocycles. The number of alkyl halides is 1. The van der Waals surface area contributed by atoms with Crippen molar-refractivity contribution >= 4 is 34.9 Å². The van der Waals surface area contributed by atoms with Crippen LogP contribution < -0.4 is 10.6 Å². The molecule has 0 fully saturated rings. The van der Waals surface area contributed by atoms with E-state index in [1.165, 1.54) is 0 Å². The lowest BCUT2D eigenvalue weighted by atomic mass is 10.0. The van der Waals surface area contributed by atoms with Crippen molar-refractivity contribution in [3.05, 3.63) is 23.8 Å². The van der Waals surface area contributed by atoms with Gasteiger partial charge in [-0.1, -0.05) is 0 Å². The number of nitrogens with two attached hydrogens (primary N) is 1. The Kier molecular flexibility index (Phi) is 4.96. The van der Waals surface area contributed by atoms with E-state index in [4.69, 9.17) is 22.1 Å². The molecule has 0 bridgehead atoms. The molecule has 0 atom stereocenters. The maximum absolute atomic E-state index is 12.3. The van der Waals surface area contributed by atoms with E-state index >= 15 is 0 Å². The molecule has 0 aliphatic carbocycles. The number of carbonyl (C=O) groups excluding carboxylic acids is 1. The summed E-state index contributed by atoms with van der Waals surface area (Å²) in [7, 11) is 0. The number of hydrogen-bond donors (Lipinski definition) is 1. The lowest BCUT2D eigenvalue weighted by molar-refractivity contribution is 0.0578. The fraction of sp³-hybridized carbons (Fsp3) is 0.500. The maximum Gasteiger partial charge on any atom is 0.414 e. The Morgan fingerprint density at radius 3 is 2.82 bits per heavy atom. The normalized spacial score (nSPS) is 15.5. The molecule has 0 aromatic heterocycles. The summed E-state index contributed by atoms with van der Waals surface area (Å²) in [6.07, 6.45) is 1.48. The third kappa shape index (κ3) is 4.13. The number of aryl methyl sites for hydroxylation is 1. The fourth-order valence-electron chi connectivity index (χ4n) is 2.36. The minimum atomic E-state index is -0.506. The first-order chi connectivity index (χ1) is 10.3. The zero-order valence-electron chi connectivity index (χ0n) is 13.2. The van der Waals surface area contributed by atoms with Crippen LogP contribution >= 0.6 is 11.6 Å². The average molecular weight is 324 g/mol. The number of amides is 1. The van der Waals surface area contributed by atoms with Gasteiger partial charge in [-0.3, -0.25) is 4.90 Å². The van der Waals surface area contributed by atoms with Gasteiger partial charge in [0.1, 0.15) is 11.4 Å². The molecule has 1 aromatic rings. The molecule has 1 heterocycles. The van der Waals surface area contributed by atoms with E-state index in [1.807, 2.05) is 39.0 Å². The van der Waals surface area contributed by atoms with Gasteiger partial charge in [-0.2, -0.15) is 0 Å². The standard InChI is InChI=1S/C16H22ClN3O2/c1-16(2,3)22-15(21)20-8-4-5-11-9-12(6-7-13(11)20)19-14(18)10-17/h6-7,9H,4-5,8,10H2,1-3H3,(H2,18,19). The lowest BCUT2D eigenvalue weighted by Crippen LogP contribution is -2.39. The minimum Gasteiger partial charge on any atom is -0.443 e. The average Bonchev–Trinajstić information content (AvgIpc) is 2.44. The van der Waals surface area contributed by atoms with Gasteiger partial charge in [0.2, 0.25) is 0 Å². The van der Waals surface area contributed by atoms with E-state index in [9.17, 15) is 4.79 Å². The number of benzene rings is 1. The highest BCUT2D eigenvalue weighted by molar-refractivity contribution is 6.28. The van der Waals surface area contributed by atoms with Gasteiger partial charge in [0, 0.05) is 6.54 Å². The van der Waals surface area contributed by atoms with Crippen LogP contribution in [0.3, 0.4) is 0 Å². The highest BCUT2D eigenvalue weighted by Gasteiger charge is 2.27. The van der Waals surface area contributed by atoms with Crippen LogP contribution in [-0.2, 0) is 11.2 Å². The smallest absolute Gasteiger partial charge is 0.414 e. The number of hydrogen-bond acceptors (Lipinski definition) is 3. The monoisotopic (exact) mass is 323 g/mol. The minimum absolute atomic E-state index is 0.196. The fourth-order valence-corrected chi connectivity index (χ4v) is 2.42. The van der Waals surface area contributed by atoms with Crippen LogP contribution in [0.25, 0.3) is 0 Å². The van der Waals surface area contributed by atoms with Crippen molar-refractivity contribution in [3.8, 4) is 0 Å². The first kappa shape index (κ1) is 16.6. The molecule has 0 spiro atoms. The van der Waals surface area contributed by atoms with Crippen molar-refractivity contribution in [2.45, 2.75) is 39.2 Å². The number of ether oxygens (including phenoxy) is 1. The summed E-state index contributed by atoms with van der Waals surface area (Å²) in [6.45, 7) is 6.25. The Balaban J connectivity index is 2.26. The molecule has 0 saturated heterocycles. The molecular formula is C16H22ClN3O2. The van der Waals surface area contributed by atoms with E-state index in [2.05, 4.69) is 4.99 Å². The SMILES string of the molecule is CC(C)(C)OC(=O)N1CCCc2cc(N=C(N)CCl)ccc21. The number of fused-ring (bicyclic) bond motifs is 1. The number of rotatable bonds is 2. The Bertz CT molecular complexity index is 594. The summed E-state index contributed by atoms with van der Waals surface area (Å²) in [5.74, 6) is 0.572. The van der Waals surface area contributed by atoms with Crippen molar-refractivity contribution in [2.24, 2.45) is 10.7 Å². The highest BCUT2D eigenvalue weighted by Crippen LogP contribution is 2.31. The molecule has 1 aliphatic rings. The van der Waals surface area contributed by atoms with Gasteiger partial charge in [-0.05, 0) is 57.4 Å². The topological polar surface area (TPSA) is 67.9 Å². The van der Waals surface area contributed by atoms with Crippen LogP contribution in [0.1, 0.15) is 32.8 Å². The van der Waals surface area contributed by atoms with Crippen LogP contribution in [0.15, 0.2) is 23.2 Å².